The molecule has 0 bridgehead atoms. The molecule has 64 valence electrons. The molecule has 11 heavy (non-hydrogen) atoms. The van der Waals surface area contributed by atoms with Crippen molar-refractivity contribution in [2.45, 2.75) is 40.5 Å². The second-order valence-corrected chi connectivity index (χ2v) is 5.28. The van der Waals surface area contributed by atoms with Gasteiger partial charge in [0.2, 0.25) is 0 Å². The standard InChI is InChI=1S/C11H20/c1-7(2)11-5-8(3)10(11)9(4)6-11/h7-10H,5-6H2,1-4H3. The first-order valence-corrected chi connectivity index (χ1v) is 5.08. The van der Waals surface area contributed by atoms with E-state index < -0.39 is 0 Å². The molecule has 0 aromatic carbocycles. The molecule has 0 spiro atoms. The minimum Gasteiger partial charge on any atom is -0.0622 e. The summed E-state index contributed by atoms with van der Waals surface area (Å²) in [6.07, 6.45) is 3.03. The fraction of sp³-hybridized carbons (Fsp3) is 1.00. The van der Waals surface area contributed by atoms with Crippen molar-refractivity contribution in [2.75, 3.05) is 0 Å². The third kappa shape index (κ3) is 0.711. The molecule has 2 aliphatic carbocycles. The lowest BCUT2D eigenvalue weighted by atomic mass is 9.36. The Kier molecular flexibility index (Phi) is 1.41. The van der Waals surface area contributed by atoms with E-state index >= 15 is 0 Å². The van der Waals surface area contributed by atoms with Crippen LogP contribution >= 0.6 is 0 Å². The molecule has 0 amide bonds. The third-order valence-electron chi connectivity index (χ3n) is 4.44. The normalized spacial score (nSPS) is 54.8. The highest BCUT2D eigenvalue weighted by Crippen LogP contribution is 2.70. The van der Waals surface area contributed by atoms with Crippen LogP contribution in [0.2, 0.25) is 0 Å². The Balaban J connectivity index is 2.10. The molecule has 0 N–H and O–H groups in total. The van der Waals surface area contributed by atoms with Gasteiger partial charge in [0.1, 0.15) is 0 Å². The molecule has 0 nitrogen and oxygen atoms in total. The molecule has 2 fully saturated rings. The van der Waals surface area contributed by atoms with Crippen molar-refractivity contribution < 1.29 is 0 Å². The van der Waals surface area contributed by atoms with E-state index in [4.69, 9.17) is 0 Å². The quantitative estimate of drug-likeness (QED) is 0.540. The van der Waals surface area contributed by atoms with Crippen LogP contribution in [0.15, 0.2) is 0 Å². The fourth-order valence-corrected chi connectivity index (χ4v) is 4.04. The lowest BCUT2D eigenvalue weighted by Gasteiger charge is -2.69. The first kappa shape index (κ1) is 7.64. The van der Waals surface area contributed by atoms with Gasteiger partial charge in [-0.1, -0.05) is 27.7 Å². The topological polar surface area (TPSA) is 0 Å². The van der Waals surface area contributed by atoms with Gasteiger partial charge in [0, 0.05) is 0 Å². The zero-order valence-corrected chi connectivity index (χ0v) is 8.22. The van der Waals surface area contributed by atoms with Crippen LogP contribution in [0.3, 0.4) is 0 Å². The predicted molar refractivity (Wildman–Crippen MR) is 48.3 cm³/mol. The molecule has 0 radical (unpaired) electrons. The van der Waals surface area contributed by atoms with Gasteiger partial charge in [-0.3, -0.25) is 0 Å². The van der Waals surface area contributed by atoms with Gasteiger partial charge in [0.15, 0.2) is 0 Å². The Bertz CT molecular complexity index is 157. The van der Waals surface area contributed by atoms with E-state index in [0.29, 0.717) is 0 Å². The van der Waals surface area contributed by atoms with Gasteiger partial charge >= 0.3 is 0 Å². The minimum atomic E-state index is 0.804. The average Bonchev–Trinajstić information content (AvgIpc) is 1.82. The van der Waals surface area contributed by atoms with E-state index in [2.05, 4.69) is 27.7 Å². The van der Waals surface area contributed by atoms with Crippen LogP contribution in [0.25, 0.3) is 0 Å². The van der Waals surface area contributed by atoms with Crippen molar-refractivity contribution in [3.63, 3.8) is 0 Å². The maximum absolute atomic E-state index is 2.43. The molecule has 2 aliphatic rings. The molecule has 0 aromatic heterocycles. The maximum atomic E-state index is 2.43. The third-order valence-corrected chi connectivity index (χ3v) is 4.44. The Labute approximate surface area is 70.4 Å². The van der Waals surface area contributed by atoms with Crippen LogP contribution < -0.4 is 0 Å². The number of hydrogen-bond acceptors (Lipinski definition) is 0. The van der Waals surface area contributed by atoms with Gasteiger partial charge in [-0.2, -0.15) is 0 Å². The van der Waals surface area contributed by atoms with Crippen molar-refractivity contribution in [3.05, 3.63) is 0 Å². The minimum absolute atomic E-state index is 0.804. The van der Waals surface area contributed by atoms with E-state index in [-0.39, 0.29) is 0 Å². The summed E-state index contributed by atoms with van der Waals surface area (Å²) in [7, 11) is 0. The highest BCUT2D eigenvalue weighted by Gasteiger charge is 2.62. The molecule has 0 aliphatic heterocycles. The highest BCUT2D eigenvalue weighted by molar-refractivity contribution is 5.11. The van der Waals surface area contributed by atoms with Crippen LogP contribution in [-0.2, 0) is 0 Å². The van der Waals surface area contributed by atoms with Gasteiger partial charge < -0.3 is 0 Å². The zero-order chi connectivity index (χ0) is 8.22. The van der Waals surface area contributed by atoms with E-state index in [1.807, 2.05) is 0 Å². The molecule has 0 heteroatoms. The van der Waals surface area contributed by atoms with Crippen LogP contribution in [-0.4, -0.2) is 0 Å². The summed E-state index contributed by atoms with van der Waals surface area (Å²) in [4.78, 5) is 0. The van der Waals surface area contributed by atoms with E-state index in [1.165, 1.54) is 12.8 Å². The van der Waals surface area contributed by atoms with Crippen LogP contribution in [0.5, 0.6) is 0 Å². The summed E-state index contributed by atoms with van der Waals surface area (Å²) < 4.78 is 0. The number of hydrogen-bond donors (Lipinski definition) is 0. The maximum Gasteiger partial charge on any atom is -0.0236 e. The lowest BCUT2D eigenvalue weighted by molar-refractivity contribution is -0.200. The molecule has 0 saturated heterocycles. The molecule has 2 rings (SSSR count). The largest absolute Gasteiger partial charge is 0.0622 e. The highest BCUT2D eigenvalue weighted by atomic mass is 14.7. The Morgan fingerprint density at radius 1 is 1.09 bits per heavy atom. The van der Waals surface area contributed by atoms with Gasteiger partial charge in [-0.15, -0.1) is 0 Å². The van der Waals surface area contributed by atoms with E-state index in [9.17, 15) is 0 Å². The van der Waals surface area contributed by atoms with Crippen LogP contribution in [0.1, 0.15) is 40.5 Å². The molecule has 2 atom stereocenters. The molecular weight excluding hydrogens is 132 g/mol. The predicted octanol–water partition coefficient (Wildman–Crippen LogP) is 3.32. The van der Waals surface area contributed by atoms with Crippen molar-refractivity contribution in [3.8, 4) is 0 Å². The van der Waals surface area contributed by atoms with Crippen molar-refractivity contribution >= 4 is 0 Å². The molecule has 0 aromatic rings. The summed E-state index contributed by atoms with van der Waals surface area (Å²) in [6, 6.07) is 0. The number of rotatable bonds is 1. The van der Waals surface area contributed by atoms with Gasteiger partial charge in [-0.05, 0) is 41.9 Å². The van der Waals surface area contributed by atoms with Crippen LogP contribution in [0, 0.1) is 29.1 Å². The van der Waals surface area contributed by atoms with E-state index in [0.717, 1.165) is 29.1 Å². The smallest absolute Gasteiger partial charge is 0.0236 e. The van der Waals surface area contributed by atoms with Crippen molar-refractivity contribution in [1.29, 1.82) is 0 Å². The van der Waals surface area contributed by atoms with Crippen molar-refractivity contribution in [2.24, 2.45) is 29.1 Å². The second kappa shape index (κ2) is 2.02. The summed E-state index contributed by atoms with van der Waals surface area (Å²) >= 11 is 0. The molecule has 2 unspecified atom stereocenters. The Morgan fingerprint density at radius 2 is 1.55 bits per heavy atom. The SMILES string of the molecule is CC1CC2(C(C)C)CC(C)C12. The fourth-order valence-electron chi connectivity index (χ4n) is 4.04. The molecular formula is C11H20. The molecule has 0 heterocycles. The summed E-state index contributed by atoms with van der Waals surface area (Å²) in [6.45, 7) is 9.68. The average molecular weight is 152 g/mol. The monoisotopic (exact) mass is 152 g/mol. The first-order chi connectivity index (χ1) is 5.08. The van der Waals surface area contributed by atoms with Gasteiger partial charge in [0.05, 0.1) is 0 Å². The summed E-state index contributed by atoms with van der Waals surface area (Å²) in [5.74, 6) is 4.07. The zero-order valence-electron chi connectivity index (χ0n) is 8.22. The Hall–Kier alpha value is 0. The van der Waals surface area contributed by atoms with E-state index in [1.54, 1.807) is 0 Å². The number of fused-ring (bicyclic) bond motifs is 1. The van der Waals surface area contributed by atoms with Crippen molar-refractivity contribution in [1.82, 2.24) is 0 Å². The Morgan fingerprint density at radius 3 is 1.73 bits per heavy atom. The lowest BCUT2D eigenvalue weighted by Crippen LogP contribution is -2.62. The second-order valence-electron chi connectivity index (χ2n) is 5.28. The first-order valence-electron chi connectivity index (χ1n) is 5.08. The summed E-state index contributed by atoms with van der Waals surface area (Å²) in [5, 5.41) is 0. The van der Waals surface area contributed by atoms with Gasteiger partial charge in [-0.25, -0.2) is 0 Å². The van der Waals surface area contributed by atoms with Gasteiger partial charge in [0.25, 0.3) is 0 Å². The van der Waals surface area contributed by atoms with Crippen LogP contribution in [0.4, 0.5) is 0 Å². The summed E-state index contributed by atoms with van der Waals surface area (Å²) in [5.41, 5.74) is 0.804. The molecule has 2 saturated carbocycles.